The number of aromatic nitrogens is 4. The smallest absolute Gasteiger partial charge is 0.165 e. The fourth-order valence-corrected chi connectivity index (χ4v) is 2.63. The van der Waals surface area contributed by atoms with E-state index in [-0.39, 0.29) is 0 Å². The van der Waals surface area contributed by atoms with Crippen molar-refractivity contribution in [1.82, 2.24) is 19.7 Å². The van der Waals surface area contributed by atoms with E-state index in [4.69, 9.17) is 0 Å². The van der Waals surface area contributed by atoms with Gasteiger partial charge in [-0.25, -0.2) is 9.97 Å². The normalized spacial score (nSPS) is 10.8. The van der Waals surface area contributed by atoms with Crippen LogP contribution in [0.15, 0.2) is 10.7 Å². The van der Waals surface area contributed by atoms with E-state index in [2.05, 4.69) is 50.2 Å². The van der Waals surface area contributed by atoms with Gasteiger partial charge in [-0.05, 0) is 35.7 Å². The number of nitrogens with zero attached hydrogens (tertiary/aromatic N) is 4. The predicted molar refractivity (Wildman–Crippen MR) is 84.8 cm³/mol. The van der Waals surface area contributed by atoms with Gasteiger partial charge in [0.05, 0.1) is 21.4 Å². The number of nitrogens with one attached hydrogen (secondary N) is 1. The van der Waals surface area contributed by atoms with Crippen molar-refractivity contribution in [2.45, 2.75) is 33.6 Å². The van der Waals surface area contributed by atoms with Gasteiger partial charge in [0.25, 0.3) is 0 Å². The lowest BCUT2D eigenvalue weighted by molar-refractivity contribution is 0.756. The molecule has 0 aliphatic carbocycles. The topological polar surface area (TPSA) is 55.6 Å². The van der Waals surface area contributed by atoms with E-state index in [0.717, 1.165) is 52.5 Å². The maximum absolute atomic E-state index is 4.65. The minimum atomic E-state index is 0.731. The third kappa shape index (κ3) is 3.00. The SMILES string of the molecule is CCCNc1nc(-c2cn(C)nc2C)nc(CC)c1Br. The zero-order chi connectivity index (χ0) is 14.7. The van der Waals surface area contributed by atoms with E-state index in [1.807, 2.05) is 20.2 Å². The highest BCUT2D eigenvalue weighted by Gasteiger charge is 2.15. The number of halogens is 1. The maximum Gasteiger partial charge on any atom is 0.165 e. The monoisotopic (exact) mass is 337 g/mol. The summed E-state index contributed by atoms with van der Waals surface area (Å²) in [5.74, 6) is 1.59. The molecule has 0 fully saturated rings. The van der Waals surface area contributed by atoms with Crippen molar-refractivity contribution in [3.8, 4) is 11.4 Å². The lowest BCUT2D eigenvalue weighted by Crippen LogP contribution is -2.07. The molecular formula is C14H20BrN5. The minimum absolute atomic E-state index is 0.731. The molecule has 1 N–H and O–H groups in total. The first-order valence-corrected chi connectivity index (χ1v) is 7.67. The Balaban J connectivity index is 2.50. The predicted octanol–water partition coefficient (Wildman–Crippen LogP) is 3.33. The zero-order valence-electron chi connectivity index (χ0n) is 12.4. The molecule has 108 valence electrons. The molecule has 2 heterocycles. The van der Waals surface area contributed by atoms with Crippen LogP contribution in [-0.4, -0.2) is 26.3 Å². The van der Waals surface area contributed by atoms with Crippen LogP contribution < -0.4 is 5.32 Å². The Labute approximate surface area is 128 Å². The van der Waals surface area contributed by atoms with E-state index < -0.39 is 0 Å². The molecule has 0 saturated carbocycles. The average molecular weight is 338 g/mol. The van der Waals surface area contributed by atoms with Crippen molar-refractivity contribution >= 4 is 21.7 Å². The Morgan fingerprint density at radius 1 is 1.30 bits per heavy atom. The Hall–Kier alpha value is -1.43. The summed E-state index contributed by atoms with van der Waals surface area (Å²) in [7, 11) is 1.91. The van der Waals surface area contributed by atoms with Crippen molar-refractivity contribution in [3.05, 3.63) is 22.1 Å². The van der Waals surface area contributed by atoms with Crippen molar-refractivity contribution < 1.29 is 0 Å². The van der Waals surface area contributed by atoms with Crippen molar-refractivity contribution in [2.24, 2.45) is 7.05 Å². The second kappa shape index (κ2) is 6.35. The lowest BCUT2D eigenvalue weighted by atomic mass is 10.2. The van der Waals surface area contributed by atoms with Gasteiger partial charge < -0.3 is 5.32 Å². The molecule has 0 atom stereocenters. The van der Waals surface area contributed by atoms with Gasteiger partial charge in [0.15, 0.2) is 5.82 Å². The standard InChI is InChI=1S/C14H20BrN5/c1-5-7-16-14-12(15)11(6-2)17-13(18-14)10-8-20(4)19-9(10)3/h8H,5-7H2,1-4H3,(H,16,17,18). The maximum atomic E-state index is 4.65. The van der Waals surface area contributed by atoms with E-state index in [9.17, 15) is 0 Å². The van der Waals surface area contributed by atoms with Crippen LogP contribution in [0, 0.1) is 6.92 Å². The van der Waals surface area contributed by atoms with Crippen LogP contribution >= 0.6 is 15.9 Å². The summed E-state index contributed by atoms with van der Waals surface area (Å²) >= 11 is 3.59. The van der Waals surface area contributed by atoms with Crippen LogP contribution in [0.1, 0.15) is 31.7 Å². The van der Waals surface area contributed by atoms with Crippen LogP contribution in [0.25, 0.3) is 11.4 Å². The van der Waals surface area contributed by atoms with E-state index in [0.29, 0.717) is 0 Å². The van der Waals surface area contributed by atoms with Gasteiger partial charge in [0.2, 0.25) is 0 Å². The van der Waals surface area contributed by atoms with Gasteiger partial charge in [-0.2, -0.15) is 5.10 Å². The summed E-state index contributed by atoms with van der Waals surface area (Å²) in [5, 5.41) is 7.71. The molecule has 0 bridgehead atoms. The Morgan fingerprint density at radius 3 is 2.60 bits per heavy atom. The Kier molecular flexibility index (Phi) is 4.75. The molecule has 0 amide bonds. The number of aryl methyl sites for hydroxylation is 3. The summed E-state index contributed by atoms with van der Waals surface area (Å²) < 4.78 is 2.75. The first kappa shape index (κ1) is 15.0. The van der Waals surface area contributed by atoms with Crippen LogP contribution in [0.4, 0.5) is 5.82 Å². The minimum Gasteiger partial charge on any atom is -0.369 e. The third-order valence-corrected chi connectivity index (χ3v) is 3.88. The van der Waals surface area contributed by atoms with Gasteiger partial charge in [0.1, 0.15) is 5.82 Å². The molecule has 0 saturated heterocycles. The van der Waals surface area contributed by atoms with Crippen molar-refractivity contribution in [2.75, 3.05) is 11.9 Å². The summed E-state index contributed by atoms with van der Waals surface area (Å²) in [6, 6.07) is 0. The van der Waals surface area contributed by atoms with Crippen LogP contribution in [-0.2, 0) is 13.5 Å². The molecule has 2 rings (SSSR count). The van der Waals surface area contributed by atoms with Crippen molar-refractivity contribution in [3.63, 3.8) is 0 Å². The van der Waals surface area contributed by atoms with Gasteiger partial charge >= 0.3 is 0 Å². The van der Waals surface area contributed by atoms with Crippen LogP contribution in [0.3, 0.4) is 0 Å². The lowest BCUT2D eigenvalue weighted by Gasteiger charge is -2.11. The molecule has 2 aromatic rings. The molecule has 0 unspecified atom stereocenters. The molecular weight excluding hydrogens is 318 g/mol. The number of rotatable bonds is 5. The second-order valence-electron chi connectivity index (χ2n) is 4.74. The van der Waals surface area contributed by atoms with Gasteiger partial charge in [-0.1, -0.05) is 13.8 Å². The highest BCUT2D eigenvalue weighted by molar-refractivity contribution is 9.10. The van der Waals surface area contributed by atoms with Gasteiger partial charge in [-0.3, -0.25) is 4.68 Å². The molecule has 0 aromatic carbocycles. The Bertz CT molecular complexity index is 606. The molecule has 0 radical (unpaired) electrons. The van der Waals surface area contributed by atoms with Gasteiger partial charge in [-0.15, -0.1) is 0 Å². The number of hydrogen-bond donors (Lipinski definition) is 1. The molecule has 0 aliphatic heterocycles. The first-order chi connectivity index (χ1) is 9.56. The first-order valence-electron chi connectivity index (χ1n) is 6.87. The fourth-order valence-electron chi connectivity index (χ4n) is 2.03. The summed E-state index contributed by atoms with van der Waals surface area (Å²) in [4.78, 5) is 9.29. The van der Waals surface area contributed by atoms with Gasteiger partial charge in [0, 0.05) is 19.8 Å². The quantitative estimate of drug-likeness (QED) is 0.909. The molecule has 0 spiro atoms. The third-order valence-electron chi connectivity index (χ3n) is 3.05. The number of anilines is 1. The zero-order valence-corrected chi connectivity index (χ0v) is 14.0. The summed E-state index contributed by atoms with van der Waals surface area (Å²) in [6.45, 7) is 7.10. The highest BCUT2D eigenvalue weighted by Crippen LogP contribution is 2.28. The van der Waals surface area contributed by atoms with E-state index >= 15 is 0 Å². The molecule has 0 aliphatic rings. The van der Waals surface area contributed by atoms with Crippen LogP contribution in [0.5, 0.6) is 0 Å². The highest BCUT2D eigenvalue weighted by atomic mass is 79.9. The van der Waals surface area contributed by atoms with Crippen LogP contribution in [0.2, 0.25) is 0 Å². The summed E-state index contributed by atoms with van der Waals surface area (Å²) in [5.41, 5.74) is 2.93. The number of hydrogen-bond acceptors (Lipinski definition) is 4. The average Bonchev–Trinajstić information content (AvgIpc) is 2.76. The fraction of sp³-hybridized carbons (Fsp3) is 0.500. The molecule has 5 nitrogen and oxygen atoms in total. The molecule has 20 heavy (non-hydrogen) atoms. The van der Waals surface area contributed by atoms with Crippen molar-refractivity contribution in [1.29, 1.82) is 0 Å². The Morgan fingerprint density at radius 2 is 2.05 bits per heavy atom. The largest absolute Gasteiger partial charge is 0.369 e. The molecule has 6 heteroatoms. The van der Waals surface area contributed by atoms with E-state index in [1.54, 1.807) is 4.68 Å². The van der Waals surface area contributed by atoms with E-state index in [1.165, 1.54) is 0 Å². The molecule has 2 aromatic heterocycles. The summed E-state index contributed by atoms with van der Waals surface area (Å²) in [6.07, 6.45) is 3.87. The second-order valence-corrected chi connectivity index (χ2v) is 5.53.